The van der Waals surface area contributed by atoms with Gasteiger partial charge in [0, 0.05) is 18.2 Å². The first-order valence-corrected chi connectivity index (χ1v) is 9.25. The predicted molar refractivity (Wildman–Crippen MR) is 84.3 cm³/mol. The second kappa shape index (κ2) is 6.18. The predicted octanol–water partition coefficient (Wildman–Crippen LogP) is 2.34. The molecule has 5 heteroatoms. The van der Waals surface area contributed by atoms with Crippen LogP contribution in [-0.4, -0.2) is 43.3 Å². The third-order valence-corrected chi connectivity index (χ3v) is 5.96. The molecule has 1 heterocycles. The molecule has 1 atom stereocenters. The molecule has 1 aromatic carbocycles. The number of hydrogen-bond acceptors (Lipinski definition) is 3. The van der Waals surface area contributed by atoms with Crippen LogP contribution >= 0.6 is 0 Å². The Hall–Kier alpha value is -1.36. The monoisotopic (exact) mass is 309 g/mol. The summed E-state index contributed by atoms with van der Waals surface area (Å²) in [5.41, 5.74) is 2.74. The summed E-state index contributed by atoms with van der Waals surface area (Å²) in [4.78, 5) is 14.6. The van der Waals surface area contributed by atoms with Crippen LogP contribution in [-0.2, 0) is 9.84 Å². The van der Waals surface area contributed by atoms with E-state index in [1.165, 1.54) is 0 Å². The number of amides is 1. The zero-order valence-electron chi connectivity index (χ0n) is 12.9. The molecule has 21 heavy (non-hydrogen) atoms. The molecule has 0 aromatic heterocycles. The van der Waals surface area contributed by atoms with Gasteiger partial charge in [0.05, 0.1) is 11.5 Å². The molecule has 1 amide bonds. The minimum absolute atomic E-state index is 0.0415. The van der Waals surface area contributed by atoms with Gasteiger partial charge < -0.3 is 4.90 Å². The maximum atomic E-state index is 12.8. The van der Waals surface area contributed by atoms with Gasteiger partial charge in [-0.1, -0.05) is 19.1 Å². The number of carbonyl (C=O) groups excluding carboxylic acids is 1. The average molecular weight is 309 g/mol. The van der Waals surface area contributed by atoms with Crippen molar-refractivity contribution in [2.45, 2.75) is 39.7 Å². The standard InChI is InChI=1S/C16H23NO3S/c1-4-9-17(14-8-10-21(19,20)11-14)16(18)15-7-5-6-12(2)13(15)3/h5-7,14H,4,8-11H2,1-3H3. The van der Waals surface area contributed by atoms with Crippen LogP contribution in [0.5, 0.6) is 0 Å². The lowest BCUT2D eigenvalue weighted by atomic mass is 10.0. The van der Waals surface area contributed by atoms with E-state index in [1.54, 1.807) is 4.90 Å². The summed E-state index contributed by atoms with van der Waals surface area (Å²) >= 11 is 0. The molecule has 0 radical (unpaired) electrons. The van der Waals surface area contributed by atoms with Crippen LogP contribution in [0.4, 0.5) is 0 Å². The van der Waals surface area contributed by atoms with E-state index in [1.807, 2.05) is 39.0 Å². The number of hydrogen-bond donors (Lipinski definition) is 0. The van der Waals surface area contributed by atoms with Crippen LogP contribution in [0, 0.1) is 13.8 Å². The largest absolute Gasteiger partial charge is 0.335 e. The molecule has 1 aliphatic rings. The van der Waals surface area contributed by atoms with Crippen molar-refractivity contribution in [1.29, 1.82) is 0 Å². The summed E-state index contributed by atoms with van der Waals surface area (Å²) < 4.78 is 23.4. The van der Waals surface area contributed by atoms with Crippen LogP contribution < -0.4 is 0 Å². The summed E-state index contributed by atoms with van der Waals surface area (Å²) in [6.07, 6.45) is 1.38. The first-order valence-electron chi connectivity index (χ1n) is 7.43. The van der Waals surface area contributed by atoms with Gasteiger partial charge in [-0.15, -0.1) is 0 Å². The number of carbonyl (C=O) groups is 1. The lowest BCUT2D eigenvalue weighted by Gasteiger charge is -2.28. The van der Waals surface area contributed by atoms with Crippen molar-refractivity contribution < 1.29 is 13.2 Å². The summed E-state index contributed by atoms with van der Waals surface area (Å²) in [6.45, 7) is 6.54. The molecule has 1 fully saturated rings. The van der Waals surface area contributed by atoms with Crippen molar-refractivity contribution in [2.24, 2.45) is 0 Å². The van der Waals surface area contributed by atoms with Gasteiger partial charge in [0.15, 0.2) is 9.84 Å². The van der Waals surface area contributed by atoms with Gasteiger partial charge in [0.25, 0.3) is 5.91 Å². The maximum absolute atomic E-state index is 12.8. The summed E-state index contributed by atoms with van der Waals surface area (Å²) in [5.74, 6) is 0.252. The second-order valence-electron chi connectivity index (χ2n) is 5.80. The molecule has 1 aromatic rings. The van der Waals surface area contributed by atoms with Crippen molar-refractivity contribution in [3.63, 3.8) is 0 Å². The second-order valence-corrected chi connectivity index (χ2v) is 8.03. The Kier molecular flexibility index (Phi) is 4.71. The Morgan fingerprint density at radius 1 is 1.33 bits per heavy atom. The van der Waals surface area contributed by atoms with E-state index in [9.17, 15) is 13.2 Å². The van der Waals surface area contributed by atoms with E-state index in [2.05, 4.69) is 0 Å². The third kappa shape index (κ3) is 3.46. The van der Waals surface area contributed by atoms with E-state index in [0.29, 0.717) is 18.5 Å². The first kappa shape index (κ1) is 16.0. The van der Waals surface area contributed by atoms with E-state index in [4.69, 9.17) is 0 Å². The molecular formula is C16H23NO3S. The summed E-state index contributed by atoms with van der Waals surface area (Å²) in [7, 11) is -2.99. The third-order valence-electron chi connectivity index (χ3n) is 4.21. The van der Waals surface area contributed by atoms with E-state index < -0.39 is 9.84 Å². The molecule has 0 spiro atoms. The lowest BCUT2D eigenvalue weighted by molar-refractivity contribution is 0.0696. The molecule has 0 saturated carbocycles. The average Bonchev–Trinajstić information content (AvgIpc) is 2.78. The highest BCUT2D eigenvalue weighted by atomic mass is 32.2. The first-order chi connectivity index (χ1) is 9.85. The number of nitrogens with zero attached hydrogens (tertiary/aromatic N) is 1. The lowest BCUT2D eigenvalue weighted by Crippen LogP contribution is -2.42. The van der Waals surface area contributed by atoms with Crippen molar-refractivity contribution >= 4 is 15.7 Å². The van der Waals surface area contributed by atoms with Gasteiger partial charge in [-0.2, -0.15) is 0 Å². The molecular weight excluding hydrogens is 286 g/mol. The molecule has 4 nitrogen and oxygen atoms in total. The van der Waals surface area contributed by atoms with Crippen LogP contribution in [0.3, 0.4) is 0 Å². The van der Waals surface area contributed by atoms with E-state index >= 15 is 0 Å². The zero-order valence-corrected chi connectivity index (χ0v) is 13.7. The smallest absolute Gasteiger partial charge is 0.254 e. The number of sulfone groups is 1. The Morgan fingerprint density at radius 3 is 2.62 bits per heavy atom. The fourth-order valence-electron chi connectivity index (χ4n) is 2.85. The topological polar surface area (TPSA) is 54.5 Å². The van der Waals surface area contributed by atoms with Gasteiger partial charge >= 0.3 is 0 Å². The molecule has 0 N–H and O–H groups in total. The van der Waals surface area contributed by atoms with Crippen molar-refractivity contribution in [3.05, 3.63) is 34.9 Å². The van der Waals surface area contributed by atoms with Gasteiger partial charge in [-0.3, -0.25) is 4.79 Å². The van der Waals surface area contributed by atoms with Crippen molar-refractivity contribution in [3.8, 4) is 0 Å². The van der Waals surface area contributed by atoms with Crippen molar-refractivity contribution in [1.82, 2.24) is 4.90 Å². The Balaban J connectivity index is 2.30. The van der Waals surface area contributed by atoms with Crippen LogP contribution in [0.1, 0.15) is 41.3 Å². The maximum Gasteiger partial charge on any atom is 0.254 e. The van der Waals surface area contributed by atoms with Gasteiger partial charge in [-0.05, 0) is 43.9 Å². The zero-order chi connectivity index (χ0) is 15.6. The van der Waals surface area contributed by atoms with Crippen LogP contribution in [0.2, 0.25) is 0 Å². The van der Waals surface area contributed by atoms with Crippen molar-refractivity contribution in [2.75, 3.05) is 18.1 Å². The van der Waals surface area contributed by atoms with Gasteiger partial charge in [-0.25, -0.2) is 8.42 Å². The Morgan fingerprint density at radius 2 is 2.05 bits per heavy atom. The van der Waals surface area contributed by atoms with Crippen LogP contribution in [0.15, 0.2) is 18.2 Å². The highest BCUT2D eigenvalue weighted by molar-refractivity contribution is 7.91. The number of benzene rings is 1. The number of rotatable bonds is 4. The minimum Gasteiger partial charge on any atom is -0.335 e. The molecule has 116 valence electrons. The Bertz CT molecular complexity index is 637. The molecule has 0 aliphatic carbocycles. The molecule has 1 unspecified atom stereocenters. The van der Waals surface area contributed by atoms with E-state index in [-0.39, 0.29) is 23.5 Å². The SMILES string of the molecule is CCCN(C(=O)c1cccc(C)c1C)C1CCS(=O)(=O)C1. The highest BCUT2D eigenvalue weighted by Crippen LogP contribution is 2.22. The molecule has 0 bridgehead atoms. The van der Waals surface area contributed by atoms with Crippen LogP contribution in [0.25, 0.3) is 0 Å². The molecule has 1 saturated heterocycles. The fraction of sp³-hybridized carbons (Fsp3) is 0.562. The number of aryl methyl sites for hydroxylation is 1. The molecule has 2 rings (SSSR count). The highest BCUT2D eigenvalue weighted by Gasteiger charge is 2.34. The summed E-state index contributed by atoms with van der Waals surface area (Å²) in [5, 5.41) is 0. The quantitative estimate of drug-likeness (QED) is 0.858. The molecule has 1 aliphatic heterocycles. The van der Waals surface area contributed by atoms with E-state index in [0.717, 1.165) is 17.5 Å². The normalized spacial score (nSPS) is 20.4. The summed E-state index contributed by atoms with van der Waals surface area (Å²) in [6, 6.07) is 5.51. The Labute approximate surface area is 127 Å². The fourth-order valence-corrected chi connectivity index (χ4v) is 4.58. The van der Waals surface area contributed by atoms with Gasteiger partial charge in [0.1, 0.15) is 0 Å². The minimum atomic E-state index is -2.99. The van der Waals surface area contributed by atoms with Gasteiger partial charge in [0.2, 0.25) is 0 Å².